The molecule has 2 unspecified atom stereocenters. The Balaban J connectivity index is 1.15. The summed E-state index contributed by atoms with van der Waals surface area (Å²) >= 11 is 0. The molecule has 3 fully saturated rings. The van der Waals surface area contributed by atoms with Crippen LogP contribution in [0.25, 0.3) is 38.5 Å². The molecule has 11 nitrogen and oxygen atoms in total. The lowest BCUT2D eigenvalue weighted by Crippen LogP contribution is -2.49. The molecule has 2 bridgehead atoms. The number of halogens is 1. The van der Waals surface area contributed by atoms with Crippen molar-refractivity contribution in [1.29, 1.82) is 0 Å². The van der Waals surface area contributed by atoms with Gasteiger partial charge in [-0.2, -0.15) is 15.1 Å². The Hall–Kier alpha value is -5.07. The first-order valence-electron chi connectivity index (χ1n) is 22.6. The van der Waals surface area contributed by atoms with Crippen LogP contribution in [0.1, 0.15) is 108 Å². The second kappa shape index (κ2) is 16.7. The van der Waals surface area contributed by atoms with Gasteiger partial charge in [0.15, 0.2) is 11.5 Å². The van der Waals surface area contributed by atoms with Crippen LogP contribution < -0.4 is 19.7 Å². The summed E-state index contributed by atoms with van der Waals surface area (Å²) in [6.07, 6.45) is 9.49. The van der Waals surface area contributed by atoms with Crippen LogP contribution in [0, 0.1) is 24.6 Å². The van der Waals surface area contributed by atoms with Crippen molar-refractivity contribution < 1.29 is 18.7 Å². The first-order valence-corrected chi connectivity index (χ1v) is 22.6. The molecule has 0 amide bonds. The average Bonchev–Trinajstić information content (AvgIpc) is 3.48. The number of aromatic nitrogens is 4. The third-order valence-electron chi connectivity index (χ3n) is 13.7. The van der Waals surface area contributed by atoms with E-state index in [1.807, 2.05) is 6.92 Å². The van der Waals surface area contributed by atoms with Crippen LogP contribution in [-0.2, 0) is 11.4 Å². The van der Waals surface area contributed by atoms with Gasteiger partial charge in [0, 0.05) is 66.7 Å². The topological polar surface area (TPSA) is 112 Å². The van der Waals surface area contributed by atoms with Gasteiger partial charge in [0.25, 0.3) is 0 Å². The highest BCUT2D eigenvalue weighted by atomic mass is 19.1. The summed E-state index contributed by atoms with van der Waals surface area (Å²) in [6.45, 7) is 17.2. The van der Waals surface area contributed by atoms with Crippen LogP contribution in [0.5, 0.6) is 11.8 Å². The van der Waals surface area contributed by atoms with Crippen molar-refractivity contribution in [3.05, 3.63) is 76.9 Å². The summed E-state index contributed by atoms with van der Waals surface area (Å²) in [4.78, 5) is 26.1. The highest BCUT2D eigenvalue weighted by Crippen LogP contribution is 2.53. The summed E-state index contributed by atoms with van der Waals surface area (Å²) in [7, 11) is 2.07. The van der Waals surface area contributed by atoms with Crippen LogP contribution in [0.4, 0.5) is 10.2 Å². The Morgan fingerprint density at radius 3 is 2.49 bits per heavy atom. The summed E-state index contributed by atoms with van der Waals surface area (Å²) in [5, 5.41) is 17.2. The van der Waals surface area contributed by atoms with Gasteiger partial charge in [-0.15, -0.1) is 0 Å². The fraction of sp³-hybridized carbons (Fsp3) is 0.510. The largest absolute Gasteiger partial charge is 0.486 e. The van der Waals surface area contributed by atoms with Gasteiger partial charge in [-0.1, -0.05) is 65.3 Å². The number of likely N-dealkylation sites (N-methyl/N-ethyl adjacent to an activating group) is 1. The smallest absolute Gasteiger partial charge is 0.319 e. The lowest BCUT2D eigenvalue weighted by Gasteiger charge is -2.37. The number of benzene rings is 3. The van der Waals surface area contributed by atoms with Gasteiger partial charge in [-0.05, 0) is 97.2 Å². The Bertz CT molecular complexity index is 2480. The second-order valence-corrected chi connectivity index (χ2v) is 18.4. The zero-order valence-corrected chi connectivity index (χ0v) is 37.0. The molecule has 4 aliphatic rings. The number of nitrogens with one attached hydrogen (secondary N) is 2. The van der Waals surface area contributed by atoms with E-state index in [9.17, 15) is 4.79 Å². The molecular formula is C49H61FN8O3. The van der Waals surface area contributed by atoms with Gasteiger partial charge in [0.1, 0.15) is 29.8 Å². The Labute approximate surface area is 359 Å². The second-order valence-electron chi connectivity index (χ2n) is 18.4. The number of hydrazine groups is 1. The molecule has 2 aromatic heterocycles. The average molecular weight is 829 g/mol. The van der Waals surface area contributed by atoms with Gasteiger partial charge in [-0.25, -0.2) is 9.40 Å². The highest BCUT2D eigenvalue weighted by molar-refractivity contribution is 6.06. The van der Waals surface area contributed by atoms with Crippen molar-refractivity contribution in [1.82, 2.24) is 35.5 Å². The summed E-state index contributed by atoms with van der Waals surface area (Å²) < 4.78 is 29.5. The fourth-order valence-corrected chi connectivity index (χ4v) is 9.76. The third-order valence-corrected chi connectivity index (χ3v) is 13.7. The van der Waals surface area contributed by atoms with Crippen molar-refractivity contribution in [2.45, 2.75) is 124 Å². The molecule has 5 atom stereocenters. The molecule has 3 aliphatic heterocycles. The monoisotopic (exact) mass is 828 g/mol. The van der Waals surface area contributed by atoms with Gasteiger partial charge in [0.2, 0.25) is 0 Å². The number of ether oxygens (including phenoxy) is 2. The minimum Gasteiger partial charge on any atom is -0.486 e. The molecular weight excluding hydrogens is 768 g/mol. The molecule has 322 valence electrons. The molecule has 2 saturated heterocycles. The standard InChI is InChI=1S/C49H61FN8O3/c1-9-11-42(59)46(27(3)4)58-24-39(30(7)56(58)8)33-14-12-31(13-15-33)26-60-47-44(43-29(6)40(50)20-41-38(43)22-52-55-41)36(32-16-17-32)19-37-45(47)53-49(61-25-28(5)10-2)54-48(37)57-23-34-18-35(57)21-51-34/h12-15,19-20,22,24,27-28,30,32,34-35,46,51H,9-11,16-18,21,23,25-26H2,1-8H3,(H,52,55)/t28-,30?,34+,35+,46?/m1/s1. The van der Waals surface area contributed by atoms with Crippen LogP contribution in [0.3, 0.4) is 0 Å². The molecule has 2 N–H and O–H groups in total. The molecule has 12 heteroatoms. The normalized spacial score (nSPS) is 21.3. The Morgan fingerprint density at radius 1 is 1.03 bits per heavy atom. The summed E-state index contributed by atoms with van der Waals surface area (Å²) in [5.41, 5.74) is 7.88. The van der Waals surface area contributed by atoms with Crippen molar-refractivity contribution in [3.63, 3.8) is 0 Å². The van der Waals surface area contributed by atoms with E-state index in [2.05, 4.69) is 116 Å². The molecule has 5 aromatic rings. The number of aromatic amines is 1. The van der Waals surface area contributed by atoms with E-state index in [-0.39, 0.29) is 36.2 Å². The van der Waals surface area contributed by atoms with Crippen molar-refractivity contribution in [2.75, 3.05) is 31.6 Å². The van der Waals surface area contributed by atoms with Crippen LogP contribution in [0.2, 0.25) is 0 Å². The molecule has 0 radical (unpaired) electrons. The quantitative estimate of drug-likeness (QED) is 0.0999. The van der Waals surface area contributed by atoms with Gasteiger partial charge >= 0.3 is 6.01 Å². The predicted octanol–water partition coefficient (Wildman–Crippen LogP) is 9.34. The van der Waals surface area contributed by atoms with Crippen LogP contribution in [-0.4, -0.2) is 86.9 Å². The number of carbonyl (C=O) groups is 1. The molecule has 1 aliphatic carbocycles. The fourth-order valence-electron chi connectivity index (χ4n) is 9.76. The number of hydrogen-bond donors (Lipinski definition) is 2. The Morgan fingerprint density at radius 2 is 1.82 bits per heavy atom. The number of H-pyrrole nitrogens is 1. The van der Waals surface area contributed by atoms with Crippen LogP contribution >= 0.6 is 0 Å². The summed E-state index contributed by atoms with van der Waals surface area (Å²) in [5.74, 6) is 2.26. The van der Waals surface area contributed by atoms with Gasteiger partial charge in [-0.3, -0.25) is 9.89 Å². The van der Waals surface area contributed by atoms with E-state index < -0.39 is 0 Å². The zero-order chi connectivity index (χ0) is 42.7. The van der Waals surface area contributed by atoms with Gasteiger partial charge in [0.05, 0.1) is 24.4 Å². The number of Topliss-reactive ketones (excluding diaryl/α,β-unsaturated/α-hetero) is 1. The molecule has 61 heavy (non-hydrogen) atoms. The van der Waals surface area contributed by atoms with Crippen molar-refractivity contribution in [3.8, 4) is 22.9 Å². The number of carbonyl (C=O) groups excluding carboxylic acids is 1. The maximum absolute atomic E-state index is 16.0. The molecule has 3 aromatic carbocycles. The SMILES string of the molecule is CCCC(=O)C(C(C)C)N1C=C(c2ccc(COc3c(-c4c(C)c(F)cc5[nH]ncc45)c(C4CC4)cc4c(N5C[C@@H]6C[C@H]5CN6)nc(OC[C@H](C)CC)nc34)cc2)C(C)N1C. The molecule has 1 saturated carbocycles. The Kier molecular flexibility index (Phi) is 11.3. The predicted molar refractivity (Wildman–Crippen MR) is 240 cm³/mol. The van der Waals surface area contributed by atoms with Crippen LogP contribution in [0.15, 0.2) is 48.8 Å². The maximum Gasteiger partial charge on any atom is 0.319 e. The van der Waals surface area contributed by atoms with Crippen molar-refractivity contribution >= 4 is 39.0 Å². The van der Waals surface area contributed by atoms with Crippen molar-refractivity contribution in [2.24, 2.45) is 11.8 Å². The number of hydrogen-bond acceptors (Lipinski definition) is 10. The number of rotatable bonds is 16. The van der Waals surface area contributed by atoms with E-state index in [0.29, 0.717) is 65.3 Å². The van der Waals surface area contributed by atoms with E-state index in [4.69, 9.17) is 19.4 Å². The van der Waals surface area contributed by atoms with E-state index in [1.165, 1.54) is 11.6 Å². The number of anilines is 1. The summed E-state index contributed by atoms with van der Waals surface area (Å²) in [6, 6.07) is 13.3. The zero-order valence-electron chi connectivity index (χ0n) is 37.0. The molecule has 5 heterocycles. The maximum atomic E-state index is 16.0. The van der Waals surface area contributed by atoms with E-state index >= 15 is 4.39 Å². The number of fused-ring (bicyclic) bond motifs is 4. The first kappa shape index (κ1) is 41.3. The number of ketones is 1. The minimum atomic E-state index is -0.300. The highest BCUT2D eigenvalue weighted by Gasteiger charge is 2.41. The lowest BCUT2D eigenvalue weighted by atomic mass is 9.88. The first-order chi connectivity index (χ1) is 29.4. The third kappa shape index (κ3) is 7.64. The molecule has 9 rings (SSSR count). The van der Waals surface area contributed by atoms with E-state index in [1.54, 1.807) is 6.20 Å². The minimum absolute atomic E-state index is 0.0957. The number of piperazine rings is 1. The molecule has 0 spiro atoms. The van der Waals surface area contributed by atoms with Gasteiger partial charge < -0.3 is 24.7 Å². The number of nitrogens with zero attached hydrogens (tertiary/aromatic N) is 6. The van der Waals surface area contributed by atoms with E-state index in [0.717, 1.165) is 89.6 Å². The lowest BCUT2D eigenvalue weighted by molar-refractivity contribution is -0.131.